The van der Waals surface area contributed by atoms with Gasteiger partial charge in [-0.2, -0.15) is 0 Å². The van der Waals surface area contributed by atoms with Crippen molar-refractivity contribution in [2.45, 2.75) is 5.16 Å². The first-order valence-corrected chi connectivity index (χ1v) is 8.34. The van der Waals surface area contributed by atoms with Gasteiger partial charge < -0.3 is 9.88 Å². The molecule has 0 aromatic carbocycles. The van der Waals surface area contributed by atoms with Gasteiger partial charge in [-0.3, -0.25) is 9.78 Å². The number of aromatic nitrogens is 5. The average Bonchev–Trinajstić information content (AvgIpc) is 2.97. The Morgan fingerprint density at radius 1 is 1.29 bits per heavy atom. The minimum Gasteiger partial charge on any atom is -0.323 e. The van der Waals surface area contributed by atoms with Gasteiger partial charge in [0, 0.05) is 31.2 Å². The molecule has 3 aromatic heterocycles. The minimum atomic E-state index is -0.194. The molecular weight excluding hydrogens is 348 g/mol. The lowest BCUT2D eigenvalue weighted by atomic mass is 10.3. The number of anilines is 1. The summed E-state index contributed by atoms with van der Waals surface area (Å²) in [6.07, 6.45) is 4.98. The highest BCUT2D eigenvalue weighted by molar-refractivity contribution is 7.99. The van der Waals surface area contributed by atoms with E-state index < -0.39 is 0 Å². The van der Waals surface area contributed by atoms with Crippen LogP contribution in [0.25, 0.3) is 11.4 Å². The van der Waals surface area contributed by atoms with E-state index in [0.717, 1.165) is 5.56 Å². The normalized spacial score (nSPS) is 10.6. The van der Waals surface area contributed by atoms with Crippen LogP contribution >= 0.6 is 23.4 Å². The Morgan fingerprint density at radius 2 is 2.12 bits per heavy atom. The van der Waals surface area contributed by atoms with E-state index in [9.17, 15) is 4.79 Å². The lowest BCUT2D eigenvalue weighted by Crippen LogP contribution is -2.15. The number of hydrogen-bond donors (Lipinski definition) is 1. The summed E-state index contributed by atoms with van der Waals surface area (Å²) < 4.78 is 1.83. The fraction of sp³-hybridized carbons (Fsp3) is 0.133. The quantitative estimate of drug-likeness (QED) is 0.556. The third-order valence-electron chi connectivity index (χ3n) is 3.12. The third-order valence-corrected chi connectivity index (χ3v) is 4.44. The predicted octanol–water partition coefficient (Wildman–Crippen LogP) is 2.66. The number of carbonyl (C=O) groups is 1. The first-order valence-electron chi connectivity index (χ1n) is 6.98. The molecule has 1 N–H and O–H groups in total. The fourth-order valence-electron chi connectivity index (χ4n) is 1.98. The maximum absolute atomic E-state index is 12.0. The first-order chi connectivity index (χ1) is 11.6. The number of hydrogen-bond acceptors (Lipinski definition) is 6. The van der Waals surface area contributed by atoms with Gasteiger partial charge >= 0.3 is 0 Å². The molecule has 0 aliphatic carbocycles. The predicted molar refractivity (Wildman–Crippen MR) is 92.8 cm³/mol. The Labute approximate surface area is 147 Å². The highest BCUT2D eigenvalue weighted by Crippen LogP contribution is 2.23. The lowest BCUT2D eigenvalue weighted by Gasteiger charge is -2.06. The van der Waals surface area contributed by atoms with Crippen molar-refractivity contribution in [1.29, 1.82) is 0 Å². The second kappa shape index (κ2) is 7.41. The summed E-state index contributed by atoms with van der Waals surface area (Å²) >= 11 is 7.21. The largest absolute Gasteiger partial charge is 0.323 e. The van der Waals surface area contributed by atoms with Crippen molar-refractivity contribution in [2.75, 3.05) is 11.1 Å². The molecule has 0 radical (unpaired) electrons. The van der Waals surface area contributed by atoms with Crippen LogP contribution in [0.4, 0.5) is 5.69 Å². The molecular formula is C15H13ClN6OS. The molecule has 0 spiro atoms. The maximum atomic E-state index is 12.0. The van der Waals surface area contributed by atoms with Crippen LogP contribution < -0.4 is 5.32 Å². The summed E-state index contributed by atoms with van der Waals surface area (Å²) in [5.41, 5.74) is 1.35. The monoisotopic (exact) mass is 360 g/mol. The zero-order chi connectivity index (χ0) is 16.9. The molecule has 0 bridgehead atoms. The summed E-state index contributed by atoms with van der Waals surface area (Å²) in [4.78, 5) is 20.0. The molecule has 0 saturated carbocycles. The minimum absolute atomic E-state index is 0.185. The van der Waals surface area contributed by atoms with Gasteiger partial charge in [0.15, 0.2) is 16.1 Å². The van der Waals surface area contributed by atoms with Crippen molar-refractivity contribution in [2.24, 2.45) is 7.05 Å². The molecule has 3 aromatic rings. The first kappa shape index (κ1) is 16.4. The molecule has 0 aliphatic rings. The molecule has 0 aliphatic heterocycles. The van der Waals surface area contributed by atoms with Gasteiger partial charge in [0.1, 0.15) is 0 Å². The van der Waals surface area contributed by atoms with E-state index in [1.54, 1.807) is 30.7 Å². The summed E-state index contributed by atoms with van der Waals surface area (Å²) in [6.45, 7) is 0. The van der Waals surface area contributed by atoms with Gasteiger partial charge in [-0.25, -0.2) is 4.98 Å². The van der Waals surface area contributed by atoms with Crippen LogP contribution in [0.1, 0.15) is 0 Å². The van der Waals surface area contributed by atoms with Crippen LogP contribution in [0.2, 0.25) is 5.15 Å². The van der Waals surface area contributed by atoms with Gasteiger partial charge in [-0.1, -0.05) is 23.4 Å². The van der Waals surface area contributed by atoms with E-state index in [1.807, 2.05) is 23.7 Å². The number of nitrogens with zero attached hydrogens (tertiary/aromatic N) is 5. The zero-order valence-electron chi connectivity index (χ0n) is 12.7. The van der Waals surface area contributed by atoms with Gasteiger partial charge in [-0.15, -0.1) is 10.2 Å². The fourth-order valence-corrected chi connectivity index (χ4v) is 2.86. The molecule has 122 valence electrons. The van der Waals surface area contributed by atoms with Crippen LogP contribution in [0.15, 0.2) is 48.0 Å². The number of pyridine rings is 2. The summed E-state index contributed by atoms with van der Waals surface area (Å²) in [5.74, 6) is 0.687. The van der Waals surface area contributed by atoms with Crippen molar-refractivity contribution >= 4 is 35.0 Å². The highest BCUT2D eigenvalue weighted by atomic mass is 35.5. The average molecular weight is 361 g/mol. The molecule has 0 saturated heterocycles. The lowest BCUT2D eigenvalue weighted by molar-refractivity contribution is -0.113. The second-order valence-corrected chi connectivity index (χ2v) is 6.09. The number of nitrogens with one attached hydrogen (secondary N) is 1. The van der Waals surface area contributed by atoms with Gasteiger partial charge in [-0.05, 0) is 24.3 Å². The summed E-state index contributed by atoms with van der Waals surface area (Å²) in [7, 11) is 1.85. The Bertz CT molecular complexity index is 854. The van der Waals surface area contributed by atoms with Crippen molar-refractivity contribution in [1.82, 2.24) is 24.7 Å². The smallest absolute Gasteiger partial charge is 0.234 e. The van der Waals surface area contributed by atoms with Crippen molar-refractivity contribution in [3.05, 3.63) is 48.0 Å². The zero-order valence-corrected chi connectivity index (χ0v) is 14.3. The standard InChI is InChI=1S/C15H13ClN6OS/c1-22-14(10-4-2-6-17-8-10)20-21-15(22)24-9-12(23)19-11-5-3-7-18-13(11)16/h2-8H,9H2,1H3,(H,19,23). The van der Waals surface area contributed by atoms with E-state index >= 15 is 0 Å². The second-order valence-electron chi connectivity index (χ2n) is 4.79. The Balaban J connectivity index is 1.64. The molecule has 3 heterocycles. The van der Waals surface area contributed by atoms with E-state index in [4.69, 9.17) is 11.6 Å². The van der Waals surface area contributed by atoms with Crippen molar-refractivity contribution in [3.63, 3.8) is 0 Å². The van der Waals surface area contributed by atoms with E-state index in [1.165, 1.54) is 11.8 Å². The number of halogens is 1. The van der Waals surface area contributed by atoms with Crippen molar-refractivity contribution < 1.29 is 4.79 Å². The molecule has 3 rings (SSSR count). The summed E-state index contributed by atoms with van der Waals surface area (Å²) in [5, 5.41) is 11.9. The van der Waals surface area contributed by atoms with E-state index in [-0.39, 0.29) is 16.8 Å². The number of thioether (sulfide) groups is 1. The van der Waals surface area contributed by atoms with Gasteiger partial charge in [0.25, 0.3) is 0 Å². The Morgan fingerprint density at radius 3 is 2.88 bits per heavy atom. The Hall–Kier alpha value is -2.45. The molecule has 0 atom stereocenters. The van der Waals surface area contributed by atoms with Crippen LogP contribution in [0.3, 0.4) is 0 Å². The molecule has 7 nitrogen and oxygen atoms in total. The summed E-state index contributed by atoms with van der Waals surface area (Å²) in [6, 6.07) is 7.14. The van der Waals surface area contributed by atoms with E-state index in [2.05, 4.69) is 25.5 Å². The third kappa shape index (κ3) is 3.72. The number of amides is 1. The van der Waals surface area contributed by atoms with Crippen molar-refractivity contribution in [3.8, 4) is 11.4 Å². The van der Waals surface area contributed by atoms with Gasteiger partial charge in [0.2, 0.25) is 5.91 Å². The topological polar surface area (TPSA) is 85.6 Å². The van der Waals surface area contributed by atoms with E-state index in [0.29, 0.717) is 16.7 Å². The van der Waals surface area contributed by atoms with Crippen LogP contribution in [-0.2, 0) is 11.8 Å². The maximum Gasteiger partial charge on any atom is 0.234 e. The highest BCUT2D eigenvalue weighted by Gasteiger charge is 2.13. The molecule has 0 fully saturated rings. The van der Waals surface area contributed by atoms with Crippen LogP contribution in [0, 0.1) is 0 Å². The SMILES string of the molecule is Cn1c(SCC(=O)Nc2cccnc2Cl)nnc1-c1cccnc1. The molecule has 9 heteroatoms. The van der Waals surface area contributed by atoms with Crippen LogP contribution in [0.5, 0.6) is 0 Å². The van der Waals surface area contributed by atoms with Crippen LogP contribution in [-0.4, -0.2) is 36.4 Å². The number of carbonyl (C=O) groups excluding carboxylic acids is 1. The molecule has 0 unspecified atom stereocenters. The van der Waals surface area contributed by atoms with Gasteiger partial charge in [0.05, 0.1) is 11.4 Å². The molecule has 24 heavy (non-hydrogen) atoms. The number of rotatable bonds is 5. The Kier molecular flexibility index (Phi) is 5.07. The molecule has 1 amide bonds.